The van der Waals surface area contributed by atoms with Gasteiger partial charge in [0, 0.05) is 31.7 Å². The van der Waals surface area contributed by atoms with Gasteiger partial charge < -0.3 is 10.0 Å². The molecule has 122 valence electrons. The Morgan fingerprint density at radius 3 is 2.83 bits per heavy atom. The van der Waals surface area contributed by atoms with Gasteiger partial charge in [0.15, 0.2) is 5.65 Å². The quantitative estimate of drug-likeness (QED) is 0.909. The topological polar surface area (TPSA) is 88.3 Å². The van der Waals surface area contributed by atoms with Crippen LogP contribution in [0, 0.1) is 12.3 Å². The summed E-state index contributed by atoms with van der Waals surface area (Å²) in [5.74, 6) is -1.03. The van der Waals surface area contributed by atoms with E-state index in [0.29, 0.717) is 24.9 Å². The molecule has 2 aromatic heterocycles. The Balaban J connectivity index is 1.91. The maximum absolute atomic E-state index is 12.7. The third-order valence-corrected chi connectivity index (χ3v) is 4.61. The van der Waals surface area contributed by atoms with Gasteiger partial charge in [0.25, 0.3) is 5.91 Å². The fourth-order valence-electron chi connectivity index (χ4n) is 3.19. The van der Waals surface area contributed by atoms with Gasteiger partial charge in [-0.1, -0.05) is 0 Å². The summed E-state index contributed by atoms with van der Waals surface area (Å²) in [5.41, 5.74) is 1.14. The number of aliphatic carboxylic acids is 1. The number of carbonyl (C=O) groups is 2. The summed E-state index contributed by atoms with van der Waals surface area (Å²) in [4.78, 5) is 30.1. The molecule has 7 heteroatoms. The van der Waals surface area contributed by atoms with Crippen LogP contribution in [-0.2, 0) is 11.8 Å². The first-order chi connectivity index (χ1) is 10.8. The van der Waals surface area contributed by atoms with Crippen LogP contribution in [0.4, 0.5) is 0 Å². The molecule has 0 spiro atoms. The molecule has 0 bridgehead atoms. The first-order valence-corrected chi connectivity index (χ1v) is 7.64. The van der Waals surface area contributed by atoms with Gasteiger partial charge in [0.2, 0.25) is 0 Å². The predicted molar refractivity (Wildman–Crippen MR) is 84.1 cm³/mol. The summed E-state index contributed by atoms with van der Waals surface area (Å²) >= 11 is 0. The lowest BCUT2D eigenvalue weighted by Crippen LogP contribution is -2.48. The van der Waals surface area contributed by atoms with Gasteiger partial charge in [-0.15, -0.1) is 0 Å². The van der Waals surface area contributed by atoms with Gasteiger partial charge in [0.05, 0.1) is 16.7 Å². The fourth-order valence-corrected chi connectivity index (χ4v) is 3.19. The van der Waals surface area contributed by atoms with Crippen LogP contribution < -0.4 is 0 Å². The zero-order valence-corrected chi connectivity index (χ0v) is 13.5. The van der Waals surface area contributed by atoms with Gasteiger partial charge in [0.1, 0.15) is 0 Å². The average molecular weight is 316 g/mol. The van der Waals surface area contributed by atoms with Crippen LogP contribution in [0.2, 0.25) is 0 Å². The minimum absolute atomic E-state index is 0.171. The van der Waals surface area contributed by atoms with E-state index in [1.807, 2.05) is 14.0 Å². The third kappa shape index (κ3) is 2.56. The van der Waals surface area contributed by atoms with Crippen molar-refractivity contribution in [1.29, 1.82) is 0 Å². The smallest absolute Gasteiger partial charge is 0.311 e. The Morgan fingerprint density at radius 2 is 2.13 bits per heavy atom. The number of carboxylic acid groups (broad SMARTS) is 1. The zero-order valence-electron chi connectivity index (χ0n) is 13.5. The summed E-state index contributed by atoms with van der Waals surface area (Å²) in [7, 11) is 1.81. The van der Waals surface area contributed by atoms with Crippen LogP contribution in [0.3, 0.4) is 0 Å². The normalized spacial score (nSPS) is 21.6. The van der Waals surface area contributed by atoms with E-state index in [2.05, 4.69) is 10.1 Å². The Hall–Kier alpha value is -2.44. The van der Waals surface area contributed by atoms with Crippen molar-refractivity contribution in [2.24, 2.45) is 12.5 Å². The van der Waals surface area contributed by atoms with Crippen molar-refractivity contribution < 1.29 is 14.7 Å². The second-order valence-corrected chi connectivity index (χ2v) is 6.50. The molecule has 1 saturated heterocycles. The van der Waals surface area contributed by atoms with Crippen LogP contribution in [-0.4, -0.2) is 49.7 Å². The van der Waals surface area contributed by atoms with Crippen LogP contribution in [0.1, 0.15) is 35.8 Å². The van der Waals surface area contributed by atoms with E-state index in [1.54, 1.807) is 28.8 Å². The fraction of sp³-hybridized carbons (Fsp3) is 0.500. The Labute approximate surface area is 133 Å². The molecule has 0 saturated carbocycles. The third-order valence-electron chi connectivity index (χ3n) is 4.61. The Kier molecular flexibility index (Phi) is 3.58. The SMILES string of the molecule is Cc1nn(C)c2ncc(C(=O)N3CCCC(C)(C(=O)O)C3)cc12. The first-order valence-electron chi connectivity index (χ1n) is 7.64. The summed E-state index contributed by atoms with van der Waals surface area (Å²) in [5, 5.41) is 14.5. The molecule has 1 atom stereocenters. The molecule has 3 heterocycles. The number of carbonyl (C=O) groups excluding carboxylic acids is 1. The molecular weight excluding hydrogens is 296 g/mol. The number of carboxylic acids is 1. The molecule has 3 rings (SSSR count). The van der Waals surface area contributed by atoms with E-state index in [1.165, 1.54) is 0 Å². The van der Waals surface area contributed by atoms with Crippen molar-refractivity contribution in [3.63, 3.8) is 0 Å². The van der Waals surface area contributed by atoms with E-state index < -0.39 is 11.4 Å². The highest BCUT2D eigenvalue weighted by molar-refractivity contribution is 5.97. The molecule has 1 aliphatic rings. The van der Waals surface area contributed by atoms with Crippen LogP contribution in [0.5, 0.6) is 0 Å². The number of nitrogens with zero attached hydrogens (tertiary/aromatic N) is 4. The number of rotatable bonds is 2. The summed E-state index contributed by atoms with van der Waals surface area (Å²) in [6, 6.07) is 1.79. The molecule has 1 N–H and O–H groups in total. The van der Waals surface area contributed by atoms with Crippen LogP contribution in [0.15, 0.2) is 12.3 Å². The number of pyridine rings is 1. The molecule has 23 heavy (non-hydrogen) atoms. The van der Waals surface area contributed by atoms with E-state index in [0.717, 1.165) is 16.7 Å². The minimum atomic E-state index is -0.879. The van der Waals surface area contributed by atoms with Crippen LogP contribution in [0.25, 0.3) is 11.0 Å². The van der Waals surface area contributed by atoms with Gasteiger partial charge in [-0.25, -0.2) is 4.98 Å². The van der Waals surface area contributed by atoms with Gasteiger partial charge in [-0.3, -0.25) is 14.3 Å². The van der Waals surface area contributed by atoms with Crippen molar-refractivity contribution in [2.75, 3.05) is 13.1 Å². The molecule has 0 aromatic carbocycles. The maximum Gasteiger partial charge on any atom is 0.311 e. The Morgan fingerprint density at radius 1 is 1.39 bits per heavy atom. The largest absolute Gasteiger partial charge is 0.481 e. The monoisotopic (exact) mass is 316 g/mol. The molecule has 1 unspecified atom stereocenters. The molecule has 1 aliphatic heterocycles. The molecule has 1 fully saturated rings. The van der Waals surface area contributed by atoms with Crippen molar-refractivity contribution in [3.8, 4) is 0 Å². The van der Waals surface area contributed by atoms with Crippen molar-refractivity contribution in [1.82, 2.24) is 19.7 Å². The summed E-state index contributed by atoms with van der Waals surface area (Å²) in [6.07, 6.45) is 2.82. The first kappa shape index (κ1) is 15.5. The van der Waals surface area contributed by atoms with Crippen molar-refractivity contribution in [3.05, 3.63) is 23.5 Å². The lowest BCUT2D eigenvalue weighted by molar-refractivity contribution is -0.150. The van der Waals surface area contributed by atoms with E-state index in [9.17, 15) is 14.7 Å². The Bertz CT molecular complexity index is 798. The second kappa shape index (κ2) is 5.33. The number of amides is 1. The second-order valence-electron chi connectivity index (χ2n) is 6.50. The molecule has 7 nitrogen and oxygen atoms in total. The molecule has 2 aromatic rings. The maximum atomic E-state index is 12.7. The van der Waals surface area contributed by atoms with Gasteiger partial charge >= 0.3 is 5.97 Å². The number of piperidine rings is 1. The highest BCUT2D eigenvalue weighted by Gasteiger charge is 2.39. The van der Waals surface area contributed by atoms with E-state index >= 15 is 0 Å². The summed E-state index contributed by atoms with van der Waals surface area (Å²) < 4.78 is 1.68. The van der Waals surface area contributed by atoms with Gasteiger partial charge in [-0.2, -0.15) is 5.10 Å². The number of hydrogen-bond acceptors (Lipinski definition) is 4. The lowest BCUT2D eigenvalue weighted by atomic mass is 9.82. The number of aromatic nitrogens is 3. The highest BCUT2D eigenvalue weighted by atomic mass is 16.4. The average Bonchev–Trinajstić information content (AvgIpc) is 2.81. The van der Waals surface area contributed by atoms with E-state index in [-0.39, 0.29) is 12.5 Å². The number of likely N-dealkylation sites (tertiary alicyclic amines) is 1. The standard InChI is InChI=1S/C16H20N4O3/c1-10-12-7-11(8-17-13(12)19(3)18-10)14(21)20-6-4-5-16(2,9-20)15(22)23/h7-8H,4-6,9H2,1-3H3,(H,22,23). The van der Waals surface area contributed by atoms with E-state index in [4.69, 9.17) is 0 Å². The lowest BCUT2D eigenvalue weighted by Gasteiger charge is -2.37. The molecular formula is C16H20N4O3. The number of aryl methyl sites for hydroxylation is 2. The van der Waals surface area contributed by atoms with Crippen LogP contribution >= 0.6 is 0 Å². The van der Waals surface area contributed by atoms with Gasteiger partial charge in [-0.05, 0) is 32.8 Å². The minimum Gasteiger partial charge on any atom is -0.481 e. The molecule has 1 amide bonds. The number of hydrogen-bond donors (Lipinski definition) is 1. The number of fused-ring (bicyclic) bond motifs is 1. The zero-order chi connectivity index (χ0) is 16.8. The molecule has 0 radical (unpaired) electrons. The molecule has 0 aliphatic carbocycles. The predicted octanol–water partition coefficient (Wildman–Crippen LogP) is 1.60. The summed E-state index contributed by atoms with van der Waals surface area (Å²) in [6.45, 7) is 4.37. The van der Waals surface area contributed by atoms with Crippen molar-refractivity contribution in [2.45, 2.75) is 26.7 Å². The highest BCUT2D eigenvalue weighted by Crippen LogP contribution is 2.30. The van der Waals surface area contributed by atoms with Crippen molar-refractivity contribution >= 4 is 22.9 Å².